The highest BCUT2D eigenvalue weighted by atomic mass is 16.6. The average Bonchev–Trinajstić information content (AvgIpc) is 2.27. The molecule has 0 saturated carbocycles. The smallest absolute Gasteiger partial charge is 0.314 e. The number of ketones is 1. The first-order valence-electron chi connectivity index (χ1n) is 4.99. The van der Waals surface area contributed by atoms with Gasteiger partial charge in [-0.2, -0.15) is 0 Å². The van der Waals surface area contributed by atoms with Crippen LogP contribution in [0.15, 0.2) is 12.1 Å². The summed E-state index contributed by atoms with van der Waals surface area (Å²) in [5.41, 5.74) is 0.171. The molecule has 6 heteroatoms. The summed E-state index contributed by atoms with van der Waals surface area (Å²) in [5, 5.41) is 20.2. The van der Waals surface area contributed by atoms with Crippen LogP contribution in [0.1, 0.15) is 18.9 Å². The number of methoxy groups -OCH3 is 1. The van der Waals surface area contributed by atoms with Gasteiger partial charge in [0.15, 0.2) is 5.75 Å². The van der Waals surface area contributed by atoms with Gasteiger partial charge in [0.1, 0.15) is 5.78 Å². The van der Waals surface area contributed by atoms with Crippen LogP contribution in [0.4, 0.5) is 5.69 Å². The minimum absolute atomic E-state index is 0.000283. The quantitative estimate of drug-likeness (QED) is 0.625. The van der Waals surface area contributed by atoms with E-state index in [4.69, 9.17) is 4.74 Å². The maximum absolute atomic E-state index is 10.8. The van der Waals surface area contributed by atoms with Gasteiger partial charge in [-0.3, -0.25) is 10.1 Å². The van der Waals surface area contributed by atoms with Gasteiger partial charge in [0, 0.05) is 12.5 Å². The summed E-state index contributed by atoms with van der Waals surface area (Å²) < 4.78 is 4.84. The second-order valence-electron chi connectivity index (χ2n) is 3.62. The molecular weight excluding hydrogens is 226 g/mol. The van der Waals surface area contributed by atoms with Crippen molar-refractivity contribution in [2.75, 3.05) is 7.11 Å². The zero-order valence-electron chi connectivity index (χ0n) is 9.60. The number of carbonyl (C=O) groups excluding carboxylic acids is 1. The van der Waals surface area contributed by atoms with Crippen LogP contribution in [-0.2, 0) is 11.2 Å². The van der Waals surface area contributed by atoms with E-state index in [0.717, 1.165) is 0 Å². The third kappa shape index (κ3) is 3.17. The number of phenolic OH excluding ortho intramolecular Hbond substituents is 1. The summed E-state index contributed by atoms with van der Waals surface area (Å²) in [6, 6.07) is 2.74. The molecule has 0 aliphatic rings. The van der Waals surface area contributed by atoms with Crippen molar-refractivity contribution in [2.24, 2.45) is 0 Å². The van der Waals surface area contributed by atoms with Crippen molar-refractivity contribution < 1.29 is 19.6 Å². The number of rotatable bonds is 5. The zero-order chi connectivity index (χ0) is 13.0. The predicted octanol–water partition coefficient (Wildman–Crippen LogP) is 1.83. The Balaban J connectivity index is 3.11. The number of hydrogen-bond donors (Lipinski definition) is 1. The highest BCUT2D eigenvalue weighted by Crippen LogP contribution is 2.37. The molecule has 0 atom stereocenters. The molecule has 0 aromatic heterocycles. The number of aryl methyl sites for hydroxylation is 1. The van der Waals surface area contributed by atoms with Crippen LogP contribution in [0.2, 0.25) is 0 Å². The summed E-state index contributed by atoms with van der Waals surface area (Å²) in [5.74, 6) is -0.457. The van der Waals surface area contributed by atoms with Crippen LogP contribution in [0.5, 0.6) is 11.5 Å². The number of hydrogen-bond acceptors (Lipinski definition) is 5. The molecule has 1 aromatic rings. The Morgan fingerprint density at radius 3 is 2.65 bits per heavy atom. The van der Waals surface area contributed by atoms with E-state index in [0.29, 0.717) is 18.4 Å². The summed E-state index contributed by atoms with van der Waals surface area (Å²) in [6.07, 6.45) is 0.678. The first-order valence-corrected chi connectivity index (χ1v) is 4.99. The molecule has 0 unspecified atom stereocenters. The molecule has 1 aromatic carbocycles. The first-order chi connectivity index (χ1) is 7.95. The third-order valence-electron chi connectivity index (χ3n) is 2.30. The molecule has 0 amide bonds. The van der Waals surface area contributed by atoms with Crippen LogP contribution in [0.3, 0.4) is 0 Å². The highest BCUT2D eigenvalue weighted by Gasteiger charge is 2.19. The molecule has 0 aliphatic carbocycles. The number of phenols is 1. The van der Waals surface area contributed by atoms with Crippen LogP contribution < -0.4 is 4.74 Å². The van der Waals surface area contributed by atoms with Crippen LogP contribution >= 0.6 is 0 Å². The normalized spacial score (nSPS) is 10.0. The Morgan fingerprint density at radius 2 is 2.18 bits per heavy atom. The van der Waals surface area contributed by atoms with Crippen molar-refractivity contribution >= 4 is 11.5 Å². The molecule has 0 aliphatic heterocycles. The average molecular weight is 239 g/mol. The van der Waals surface area contributed by atoms with Crippen LogP contribution in [-0.4, -0.2) is 22.9 Å². The Hall–Kier alpha value is -2.11. The second-order valence-corrected chi connectivity index (χ2v) is 3.62. The van der Waals surface area contributed by atoms with Crippen molar-refractivity contribution in [2.45, 2.75) is 19.8 Å². The van der Waals surface area contributed by atoms with Crippen LogP contribution in [0, 0.1) is 10.1 Å². The number of nitrogens with zero attached hydrogens (tertiary/aromatic N) is 1. The fourth-order valence-corrected chi connectivity index (χ4v) is 1.41. The Kier molecular flexibility index (Phi) is 4.03. The van der Waals surface area contributed by atoms with E-state index in [1.165, 1.54) is 26.2 Å². The van der Waals surface area contributed by atoms with E-state index in [2.05, 4.69) is 0 Å². The van der Waals surface area contributed by atoms with Gasteiger partial charge in [0.05, 0.1) is 12.0 Å². The second kappa shape index (κ2) is 5.29. The minimum Gasteiger partial charge on any atom is -0.500 e. The largest absolute Gasteiger partial charge is 0.500 e. The molecule has 92 valence electrons. The van der Waals surface area contributed by atoms with E-state index in [1.54, 1.807) is 0 Å². The Bertz CT molecular complexity index is 455. The first kappa shape index (κ1) is 13.0. The summed E-state index contributed by atoms with van der Waals surface area (Å²) in [6.45, 7) is 1.45. The SMILES string of the molecule is COc1cc(CCC(C)=O)cc([N+](=O)[O-])c1O. The molecule has 1 rings (SSSR count). The summed E-state index contributed by atoms with van der Waals surface area (Å²) in [4.78, 5) is 20.9. The van der Waals surface area contributed by atoms with E-state index < -0.39 is 16.4 Å². The van der Waals surface area contributed by atoms with Crippen molar-refractivity contribution in [3.8, 4) is 11.5 Å². The van der Waals surface area contributed by atoms with Crippen LogP contribution in [0.25, 0.3) is 0 Å². The van der Waals surface area contributed by atoms with Gasteiger partial charge >= 0.3 is 5.69 Å². The number of Topliss-reactive ketones (excluding diaryl/α,β-unsaturated/α-hetero) is 1. The van der Waals surface area contributed by atoms with Gasteiger partial charge in [-0.05, 0) is 25.0 Å². The van der Waals surface area contributed by atoms with Gasteiger partial charge in [0.2, 0.25) is 5.75 Å². The van der Waals surface area contributed by atoms with Gasteiger partial charge in [-0.1, -0.05) is 0 Å². The number of ether oxygens (including phenoxy) is 1. The molecular formula is C11H13NO5. The standard InChI is InChI=1S/C11H13NO5/c1-7(13)3-4-8-5-9(12(15)16)11(14)10(6-8)17-2/h5-6,14H,3-4H2,1-2H3. The summed E-state index contributed by atoms with van der Waals surface area (Å²) in [7, 11) is 1.31. The maximum Gasteiger partial charge on any atom is 0.314 e. The molecule has 17 heavy (non-hydrogen) atoms. The van der Waals surface area contributed by atoms with E-state index in [1.807, 2.05) is 0 Å². The lowest BCUT2D eigenvalue weighted by atomic mass is 10.1. The molecule has 0 bridgehead atoms. The van der Waals surface area contributed by atoms with E-state index in [9.17, 15) is 20.0 Å². The maximum atomic E-state index is 10.8. The molecule has 0 fully saturated rings. The van der Waals surface area contributed by atoms with Gasteiger partial charge in [-0.15, -0.1) is 0 Å². The van der Waals surface area contributed by atoms with Gasteiger partial charge < -0.3 is 14.6 Å². The number of nitro groups is 1. The molecule has 0 heterocycles. The van der Waals surface area contributed by atoms with E-state index in [-0.39, 0.29) is 11.5 Å². The Labute approximate surface area is 98.0 Å². The lowest BCUT2D eigenvalue weighted by Crippen LogP contribution is -1.98. The number of nitro benzene ring substituents is 1. The fraction of sp³-hybridized carbons (Fsp3) is 0.364. The van der Waals surface area contributed by atoms with E-state index >= 15 is 0 Å². The minimum atomic E-state index is -0.685. The van der Waals surface area contributed by atoms with Crippen molar-refractivity contribution in [1.82, 2.24) is 0 Å². The lowest BCUT2D eigenvalue weighted by molar-refractivity contribution is -0.386. The lowest BCUT2D eigenvalue weighted by Gasteiger charge is -2.06. The monoisotopic (exact) mass is 239 g/mol. The molecule has 0 saturated heterocycles. The molecule has 6 nitrogen and oxygen atoms in total. The highest BCUT2D eigenvalue weighted by molar-refractivity contribution is 5.75. The van der Waals surface area contributed by atoms with Crippen molar-refractivity contribution in [1.29, 1.82) is 0 Å². The fourth-order valence-electron chi connectivity index (χ4n) is 1.41. The summed E-state index contributed by atoms with van der Waals surface area (Å²) >= 11 is 0. The molecule has 0 spiro atoms. The van der Waals surface area contributed by atoms with Crippen molar-refractivity contribution in [3.05, 3.63) is 27.8 Å². The van der Waals surface area contributed by atoms with Gasteiger partial charge in [0.25, 0.3) is 0 Å². The zero-order valence-corrected chi connectivity index (χ0v) is 9.60. The Morgan fingerprint density at radius 1 is 1.53 bits per heavy atom. The number of aromatic hydroxyl groups is 1. The topological polar surface area (TPSA) is 89.7 Å². The number of benzene rings is 1. The van der Waals surface area contributed by atoms with Gasteiger partial charge in [-0.25, -0.2) is 0 Å². The molecule has 1 N–H and O–H groups in total. The predicted molar refractivity (Wildman–Crippen MR) is 60.3 cm³/mol. The number of carbonyl (C=O) groups is 1. The van der Waals surface area contributed by atoms with Crippen molar-refractivity contribution in [3.63, 3.8) is 0 Å². The third-order valence-corrected chi connectivity index (χ3v) is 2.30. The molecule has 0 radical (unpaired) electrons.